The van der Waals surface area contributed by atoms with Gasteiger partial charge in [0.1, 0.15) is 0 Å². The topological polar surface area (TPSA) is 66.6 Å². The van der Waals surface area contributed by atoms with Crippen LogP contribution in [0.25, 0.3) is 0 Å². The Morgan fingerprint density at radius 2 is 1.76 bits per heavy atom. The van der Waals surface area contributed by atoms with E-state index < -0.39 is 10.0 Å². The van der Waals surface area contributed by atoms with Crippen LogP contribution in [0.3, 0.4) is 0 Å². The first-order valence-corrected chi connectivity index (χ1v) is 8.86. The molecule has 1 aromatic rings. The number of rotatable bonds is 5. The van der Waals surface area contributed by atoms with Crippen molar-refractivity contribution in [3.05, 3.63) is 24.3 Å². The van der Waals surface area contributed by atoms with Gasteiger partial charge in [0.15, 0.2) is 0 Å². The minimum Gasteiger partial charge on any atom is -0.372 e. The SMILES string of the molecule is CN(C)S(=O)(=O)c1ccc(N2CCC(CCN)CC2)cc1. The molecule has 2 rings (SSSR count). The molecular weight excluding hydrogens is 286 g/mol. The van der Waals surface area contributed by atoms with Gasteiger partial charge in [0.2, 0.25) is 10.0 Å². The van der Waals surface area contributed by atoms with Crippen LogP contribution in [0.2, 0.25) is 0 Å². The number of benzene rings is 1. The molecule has 1 aromatic carbocycles. The van der Waals surface area contributed by atoms with E-state index in [0.29, 0.717) is 4.90 Å². The Morgan fingerprint density at radius 1 is 1.19 bits per heavy atom. The van der Waals surface area contributed by atoms with Gasteiger partial charge in [0, 0.05) is 32.9 Å². The number of nitrogens with two attached hydrogens (primary N) is 1. The van der Waals surface area contributed by atoms with Gasteiger partial charge in [-0.2, -0.15) is 0 Å². The summed E-state index contributed by atoms with van der Waals surface area (Å²) in [7, 11) is -0.245. The zero-order valence-corrected chi connectivity index (χ0v) is 13.6. The minimum absolute atomic E-state index is 0.342. The summed E-state index contributed by atoms with van der Waals surface area (Å²) in [4.78, 5) is 2.66. The number of hydrogen-bond donors (Lipinski definition) is 1. The van der Waals surface area contributed by atoms with Crippen molar-refractivity contribution in [3.63, 3.8) is 0 Å². The highest BCUT2D eigenvalue weighted by Gasteiger charge is 2.20. The fraction of sp³-hybridized carbons (Fsp3) is 0.600. The molecule has 0 aliphatic carbocycles. The Labute approximate surface area is 127 Å². The highest BCUT2D eigenvalue weighted by molar-refractivity contribution is 7.89. The summed E-state index contributed by atoms with van der Waals surface area (Å²) in [6.45, 7) is 2.80. The first kappa shape index (κ1) is 16.3. The number of sulfonamides is 1. The van der Waals surface area contributed by atoms with Crippen molar-refractivity contribution in [2.24, 2.45) is 11.7 Å². The average molecular weight is 311 g/mol. The zero-order chi connectivity index (χ0) is 15.5. The third kappa shape index (κ3) is 3.75. The minimum atomic E-state index is -3.34. The molecule has 21 heavy (non-hydrogen) atoms. The molecule has 1 saturated heterocycles. The van der Waals surface area contributed by atoms with E-state index in [1.165, 1.54) is 4.31 Å². The molecule has 0 amide bonds. The van der Waals surface area contributed by atoms with Crippen LogP contribution in [0.15, 0.2) is 29.2 Å². The highest BCUT2D eigenvalue weighted by Crippen LogP contribution is 2.26. The maximum atomic E-state index is 12.0. The van der Waals surface area contributed by atoms with E-state index in [1.54, 1.807) is 26.2 Å². The van der Waals surface area contributed by atoms with Gasteiger partial charge in [0.05, 0.1) is 4.90 Å². The summed E-state index contributed by atoms with van der Waals surface area (Å²) < 4.78 is 25.3. The average Bonchev–Trinajstić information content (AvgIpc) is 2.48. The Hall–Kier alpha value is -1.11. The number of nitrogens with zero attached hydrogens (tertiary/aromatic N) is 2. The summed E-state index contributed by atoms with van der Waals surface area (Å²) in [6, 6.07) is 7.19. The molecule has 0 aromatic heterocycles. The lowest BCUT2D eigenvalue weighted by Gasteiger charge is -2.33. The van der Waals surface area contributed by atoms with Gasteiger partial charge in [0.25, 0.3) is 0 Å². The molecular formula is C15H25N3O2S. The van der Waals surface area contributed by atoms with E-state index in [0.717, 1.165) is 50.5 Å². The van der Waals surface area contributed by atoms with Crippen molar-refractivity contribution in [2.75, 3.05) is 38.6 Å². The predicted octanol–water partition coefficient (Wildman–Crippen LogP) is 1.50. The van der Waals surface area contributed by atoms with Crippen molar-refractivity contribution in [1.82, 2.24) is 4.31 Å². The first-order chi connectivity index (χ1) is 9.95. The Morgan fingerprint density at radius 3 is 2.24 bits per heavy atom. The molecule has 0 spiro atoms. The lowest BCUT2D eigenvalue weighted by molar-refractivity contribution is 0.386. The molecule has 118 valence electrons. The maximum absolute atomic E-state index is 12.0. The van der Waals surface area contributed by atoms with Gasteiger partial charge in [-0.3, -0.25) is 0 Å². The summed E-state index contributed by atoms with van der Waals surface area (Å²) in [5.74, 6) is 0.736. The molecule has 0 bridgehead atoms. The quantitative estimate of drug-likeness (QED) is 0.895. The van der Waals surface area contributed by atoms with Gasteiger partial charge >= 0.3 is 0 Å². The Balaban J connectivity index is 2.04. The van der Waals surface area contributed by atoms with Gasteiger partial charge in [-0.05, 0) is 56.0 Å². The van der Waals surface area contributed by atoms with Crippen molar-refractivity contribution in [2.45, 2.75) is 24.2 Å². The van der Waals surface area contributed by atoms with E-state index in [-0.39, 0.29) is 0 Å². The van der Waals surface area contributed by atoms with Crippen LogP contribution in [0.4, 0.5) is 5.69 Å². The van der Waals surface area contributed by atoms with Crippen LogP contribution >= 0.6 is 0 Å². The number of hydrogen-bond acceptors (Lipinski definition) is 4. The van der Waals surface area contributed by atoms with Gasteiger partial charge in [-0.15, -0.1) is 0 Å². The van der Waals surface area contributed by atoms with E-state index in [1.807, 2.05) is 12.1 Å². The molecule has 0 radical (unpaired) electrons. The lowest BCUT2D eigenvalue weighted by Crippen LogP contribution is -2.34. The van der Waals surface area contributed by atoms with Crippen LogP contribution in [0.1, 0.15) is 19.3 Å². The molecule has 1 heterocycles. The smallest absolute Gasteiger partial charge is 0.242 e. The highest BCUT2D eigenvalue weighted by atomic mass is 32.2. The normalized spacial score (nSPS) is 17.4. The largest absolute Gasteiger partial charge is 0.372 e. The monoisotopic (exact) mass is 311 g/mol. The molecule has 2 N–H and O–H groups in total. The maximum Gasteiger partial charge on any atom is 0.242 e. The van der Waals surface area contributed by atoms with E-state index in [2.05, 4.69) is 4.90 Å². The standard InChI is InChI=1S/C15H25N3O2S/c1-17(2)21(19,20)15-5-3-14(4-6-15)18-11-8-13(7-10-16)9-12-18/h3-6,13H,7-12,16H2,1-2H3. The molecule has 5 nitrogen and oxygen atoms in total. The van der Waals surface area contributed by atoms with Crippen molar-refractivity contribution in [3.8, 4) is 0 Å². The molecule has 1 fully saturated rings. The molecule has 6 heteroatoms. The third-order valence-electron chi connectivity index (χ3n) is 4.17. The third-order valence-corrected chi connectivity index (χ3v) is 6.00. The predicted molar refractivity (Wildman–Crippen MR) is 85.9 cm³/mol. The van der Waals surface area contributed by atoms with Crippen LogP contribution in [0.5, 0.6) is 0 Å². The van der Waals surface area contributed by atoms with E-state index in [9.17, 15) is 8.42 Å². The van der Waals surface area contributed by atoms with Crippen LogP contribution in [0, 0.1) is 5.92 Å². The second-order valence-electron chi connectivity index (χ2n) is 5.79. The van der Waals surface area contributed by atoms with Crippen molar-refractivity contribution < 1.29 is 8.42 Å². The Kier molecular flexibility index (Phi) is 5.24. The molecule has 1 aliphatic heterocycles. The molecule has 0 saturated carbocycles. The summed E-state index contributed by atoms with van der Waals surface area (Å²) in [5.41, 5.74) is 6.71. The summed E-state index contributed by atoms with van der Waals surface area (Å²) in [6.07, 6.45) is 3.43. The second kappa shape index (κ2) is 6.77. The van der Waals surface area contributed by atoms with Crippen LogP contribution in [-0.2, 0) is 10.0 Å². The van der Waals surface area contributed by atoms with Crippen LogP contribution < -0.4 is 10.6 Å². The van der Waals surface area contributed by atoms with Gasteiger partial charge < -0.3 is 10.6 Å². The zero-order valence-electron chi connectivity index (χ0n) is 12.8. The first-order valence-electron chi connectivity index (χ1n) is 7.42. The summed E-state index contributed by atoms with van der Waals surface area (Å²) >= 11 is 0. The van der Waals surface area contributed by atoms with E-state index in [4.69, 9.17) is 5.73 Å². The van der Waals surface area contributed by atoms with Crippen LogP contribution in [-0.4, -0.2) is 46.5 Å². The number of piperidine rings is 1. The molecule has 0 atom stereocenters. The lowest BCUT2D eigenvalue weighted by atomic mass is 9.93. The van der Waals surface area contributed by atoms with Crippen molar-refractivity contribution in [1.29, 1.82) is 0 Å². The van der Waals surface area contributed by atoms with Gasteiger partial charge in [-0.25, -0.2) is 12.7 Å². The van der Waals surface area contributed by atoms with E-state index >= 15 is 0 Å². The molecule has 1 aliphatic rings. The Bertz CT molecular complexity index is 547. The van der Waals surface area contributed by atoms with Gasteiger partial charge in [-0.1, -0.05) is 0 Å². The van der Waals surface area contributed by atoms with Crippen molar-refractivity contribution >= 4 is 15.7 Å². The number of anilines is 1. The summed E-state index contributed by atoms with van der Waals surface area (Å²) in [5, 5.41) is 0. The fourth-order valence-electron chi connectivity index (χ4n) is 2.76. The fourth-order valence-corrected chi connectivity index (χ4v) is 3.66. The second-order valence-corrected chi connectivity index (χ2v) is 7.94. The molecule has 0 unspecified atom stereocenters.